The molecule has 0 saturated heterocycles. The van der Waals surface area contributed by atoms with Crippen LogP contribution in [0, 0.1) is 0 Å². The number of rotatable bonds is 6. The van der Waals surface area contributed by atoms with Crippen LogP contribution in [0.25, 0.3) is 97.4 Å². The first kappa shape index (κ1) is 30.5. The second kappa shape index (κ2) is 12.8. The van der Waals surface area contributed by atoms with Crippen LogP contribution < -0.4 is 0 Å². The zero-order valence-corrected chi connectivity index (χ0v) is 29.4. The molecule has 7 aromatic carbocycles. The molecule has 3 aromatic heterocycles. The van der Waals surface area contributed by atoms with Gasteiger partial charge in [-0.3, -0.25) is 0 Å². The SMILES string of the molecule is c1ccc(-c2ccc(-c3nc(-c4ccccc4)nc(-c4cccc5sc6ccc(-c7ccc(-c8nc9ccccc9s8)cc7)cc6c45)n3)cc2)cc1. The maximum Gasteiger partial charge on any atom is 0.164 e. The van der Waals surface area contributed by atoms with E-state index in [1.165, 1.54) is 25.0 Å². The zero-order chi connectivity index (χ0) is 34.4. The van der Waals surface area contributed by atoms with E-state index in [1.807, 2.05) is 30.3 Å². The van der Waals surface area contributed by atoms with Gasteiger partial charge in [0.25, 0.3) is 0 Å². The number of hydrogen-bond acceptors (Lipinski definition) is 6. The van der Waals surface area contributed by atoms with Gasteiger partial charge in [0.15, 0.2) is 17.5 Å². The van der Waals surface area contributed by atoms with E-state index in [4.69, 9.17) is 19.9 Å². The minimum atomic E-state index is 0.647. The Labute approximate surface area is 308 Å². The topological polar surface area (TPSA) is 51.6 Å². The standard InChI is InChI=1S/C46H28N4S2/c1-3-10-29(11-4-1)30-18-22-33(23-19-30)44-48-43(32-12-5-2-6-13-32)49-45(50-44)36-14-9-17-41-42(36)37-28-35(26-27-39(37)51-41)31-20-24-34(25-21-31)46-47-38-15-7-8-16-40(38)52-46/h1-28H. The van der Waals surface area contributed by atoms with Crippen molar-refractivity contribution in [2.75, 3.05) is 0 Å². The van der Waals surface area contributed by atoms with Gasteiger partial charge < -0.3 is 0 Å². The number of fused-ring (bicyclic) bond motifs is 4. The number of para-hydroxylation sites is 1. The Bertz CT molecular complexity index is 2840. The summed E-state index contributed by atoms with van der Waals surface area (Å²) in [6.07, 6.45) is 0. The average molecular weight is 701 g/mol. The van der Waals surface area contributed by atoms with E-state index < -0.39 is 0 Å². The Morgan fingerprint density at radius 1 is 0.327 bits per heavy atom. The quantitative estimate of drug-likeness (QED) is 0.173. The fourth-order valence-corrected chi connectivity index (χ4v) is 8.86. The molecule has 3 heterocycles. The molecule has 10 rings (SSSR count). The number of nitrogens with zero attached hydrogens (tertiary/aromatic N) is 4. The molecular weight excluding hydrogens is 673 g/mol. The number of aromatic nitrogens is 4. The third kappa shape index (κ3) is 5.55. The first-order chi connectivity index (χ1) is 25.7. The monoisotopic (exact) mass is 700 g/mol. The van der Waals surface area contributed by atoms with Gasteiger partial charge in [-0.1, -0.05) is 140 Å². The van der Waals surface area contributed by atoms with Crippen LogP contribution in [0.4, 0.5) is 0 Å². The van der Waals surface area contributed by atoms with Gasteiger partial charge in [0.1, 0.15) is 5.01 Å². The van der Waals surface area contributed by atoms with E-state index in [9.17, 15) is 0 Å². The van der Waals surface area contributed by atoms with Crippen molar-refractivity contribution < 1.29 is 0 Å². The predicted octanol–water partition coefficient (Wildman–Crippen LogP) is 12.9. The van der Waals surface area contributed by atoms with Gasteiger partial charge in [-0.15, -0.1) is 22.7 Å². The molecule has 0 radical (unpaired) electrons. The number of thiazole rings is 1. The summed E-state index contributed by atoms with van der Waals surface area (Å²) < 4.78 is 3.63. The van der Waals surface area contributed by atoms with Crippen LogP contribution in [-0.4, -0.2) is 19.9 Å². The lowest BCUT2D eigenvalue weighted by molar-refractivity contribution is 1.08. The summed E-state index contributed by atoms with van der Waals surface area (Å²) in [6, 6.07) is 59.3. The van der Waals surface area contributed by atoms with Crippen LogP contribution in [0.2, 0.25) is 0 Å². The second-order valence-electron chi connectivity index (χ2n) is 12.7. The highest BCUT2D eigenvalue weighted by molar-refractivity contribution is 7.26. The smallest absolute Gasteiger partial charge is 0.164 e. The van der Waals surface area contributed by atoms with Crippen molar-refractivity contribution in [1.29, 1.82) is 0 Å². The first-order valence-electron chi connectivity index (χ1n) is 17.1. The number of thiophene rings is 1. The van der Waals surface area contributed by atoms with Crippen molar-refractivity contribution in [2.45, 2.75) is 0 Å². The second-order valence-corrected chi connectivity index (χ2v) is 14.8. The molecule has 0 N–H and O–H groups in total. The molecule has 0 amide bonds. The summed E-state index contributed by atoms with van der Waals surface area (Å²) in [7, 11) is 0. The largest absolute Gasteiger partial charge is 0.236 e. The van der Waals surface area contributed by atoms with Crippen molar-refractivity contribution in [3.8, 4) is 67.0 Å². The van der Waals surface area contributed by atoms with E-state index in [2.05, 4.69) is 140 Å². The predicted molar refractivity (Wildman–Crippen MR) is 219 cm³/mol. The molecule has 0 saturated carbocycles. The molecule has 0 aliphatic heterocycles. The minimum Gasteiger partial charge on any atom is -0.236 e. The Balaban J connectivity index is 1.08. The van der Waals surface area contributed by atoms with Crippen LogP contribution in [0.3, 0.4) is 0 Å². The summed E-state index contributed by atoms with van der Waals surface area (Å²) >= 11 is 3.53. The Morgan fingerprint density at radius 2 is 0.865 bits per heavy atom. The fraction of sp³-hybridized carbons (Fsp3) is 0. The molecule has 0 spiro atoms. The summed E-state index contributed by atoms with van der Waals surface area (Å²) in [4.78, 5) is 20.1. The highest BCUT2D eigenvalue weighted by atomic mass is 32.1. The zero-order valence-electron chi connectivity index (χ0n) is 27.8. The van der Waals surface area contributed by atoms with Gasteiger partial charge in [-0.05, 0) is 52.6 Å². The van der Waals surface area contributed by atoms with Gasteiger partial charge in [-0.25, -0.2) is 19.9 Å². The van der Waals surface area contributed by atoms with Gasteiger partial charge in [0.05, 0.1) is 10.2 Å². The third-order valence-electron chi connectivity index (χ3n) is 9.41. The number of benzene rings is 7. The minimum absolute atomic E-state index is 0.647. The maximum atomic E-state index is 5.15. The lowest BCUT2D eigenvalue weighted by atomic mass is 9.99. The molecule has 0 unspecified atom stereocenters. The van der Waals surface area contributed by atoms with Crippen LogP contribution in [-0.2, 0) is 0 Å². The Morgan fingerprint density at radius 3 is 1.60 bits per heavy atom. The molecule has 0 fully saturated rings. The van der Waals surface area contributed by atoms with Crippen LogP contribution in [0.15, 0.2) is 170 Å². The van der Waals surface area contributed by atoms with E-state index in [0.29, 0.717) is 17.5 Å². The molecular formula is C46H28N4S2. The summed E-state index contributed by atoms with van der Waals surface area (Å²) in [5.74, 6) is 1.96. The lowest BCUT2D eigenvalue weighted by Crippen LogP contribution is -2.00. The fourth-order valence-electron chi connectivity index (χ4n) is 6.78. The van der Waals surface area contributed by atoms with Crippen LogP contribution >= 0.6 is 22.7 Å². The summed E-state index contributed by atoms with van der Waals surface area (Å²) in [5.41, 5.74) is 9.71. The van der Waals surface area contributed by atoms with Gasteiger partial charge in [0, 0.05) is 42.4 Å². The molecule has 10 aromatic rings. The highest BCUT2D eigenvalue weighted by Gasteiger charge is 2.18. The van der Waals surface area contributed by atoms with E-state index >= 15 is 0 Å². The highest BCUT2D eigenvalue weighted by Crippen LogP contribution is 2.42. The van der Waals surface area contributed by atoms with Crippen LogP contribution in [0.1, 0.15) is 0 Å². The lowest BCUT2D eigenvalue weighted by Gasteiger charge is -2.10. The molecule has 244 valence electrons. The van der Waals surface area contributed by atoms with Crippen molar-refractivity contribution in [2.24, 2.45) is 0 Å². The van der Waals surface area contributed by atoms with Crippen molar-refractivity contribution in [3.63, 3.8) is 0 Å². The molecule has 0 atom stereocenters. The molecule has 0 aliphatic carbocycles. The Kier molecular flexibility index (Phi) is 7.48. The normalized spacial score (nSPS) is 11.5. The van der Waals surface area contributed by atoms with Crippen molar-refractivity contribution in [3.05, 3.63) is 170 Å². The van der Waals surface area contributed by atoms with Crippen LogP contribution in [0.5, 0.6) is 0 Å². The van der Waals surface area contributed by atoms with Crippen molar-refractivity contribution >= 4 is 53.1 Å². The third-order valence-corrected chi connectivity index (χ3v) is 11.6. The molecule has 52 heavy (non-hydrogen) atoms. The van der Waals surface area contributed by atoms with Gasteiger partial charge in [-0.2, -0.15) is 0 Å². The van der Waals surface area contributed by atoms with E-state index in [0.717, 1.165) is 54.9 Å². The van der Waals surface area contributed by atoms with Gasteiger partial charge >= 0.3 is 0 Å². The summed E-state index contributed by atoms with van der Waals surface area (Å²) in [6.45, 7) is 0. The average Bonchev–Trinajstić information content (AvgIpc) is 3.83. The van der Waals surface area contributed by atoms with E-state index in [1.54, 1.807) is 22.7 Å². The molecule has 4 nitrogen and oxygen atoms in total. The molecule has 6 heteroatoms. The number of hydrogen-bond donors (Lipinski definition) is 0. The maximum absolute atomic E-state index is 5.15. The van der Waals surface area contributed by atoms with E-state index in [-0.39, 0.29) is 0 Å². The first-order valence-corrected chi connectivity index (χ1v) is 18.8. The van der Waals surface area contributed by atoms with Gasteiger partial charge in [0.2, 0.25) is 0 Å². The molecule has 0 bridgehead atoms. The van der Waals surface area contributed by atoms with Crippen molar-refractivity contribution in [1.82, 2.24) is 19.9 Å². The molecule has 0 aliphatic rings. The summed E-state index contributed by atoms with van der Waals surface area (Å²) in [5, 5.41) is 3.39. The Hall–Kier alpha value is -6.34.